The van der Waals surface area contributed by atoms with Crippen LogP contribution < -0.4 is 14.2 Å². The van der Waals surface area contributed by atoms with E-state index < -0.39 is 10.0 Å². The van der Waals surface area contributed by atoms with E-state index in [1.165, 1.54) is 24.1 Å². The first kappa shape index (κ1) is 22.4. The summed E-state index contributed by atoms with van der Waals surface area (Å²) in [6.45, 7) is 0.874. The van der Waals surface area contributed by atoms with Crippen LogP contribution in [0.4, 0.5) is 0 Å². The molecular formula is C21H25ClN2O5S. The minimum Gasteiger partial charge on any atom is -0.495 e. The molecule has 0 aromatic heterocycles. The molecule has 1 fully saturated rings. The van der Waals surface area contributed by atoms with Crippen LogP contribution in [0.25, 0.3) is 0 Å². The van der Waals surface area contributed by atoms with Gasteiger partial charge in [0.05, 0.1) is 13.7 Å². The van der Waals surface area contributed by atoms with E-state index in [4.69, 9.17) is 21.1 Å². The molecule has 9 heteroatoms. The fourth-order valence-electron chi connectivity index (χ4n) is 2.87. The lowest BCUT2D eigenvalue weighted by Crippen LogP contribution is -2.30. The van der Waals surface area contributed by atoms with Gasteiger partial charge in [0.2, 0.25) is 10.0 Å². The number of amides is 1. The van der Waals surface area contributed by atoms with Crippen molar-refractivity contribution in [2.45, 2.75) is 30.2 Å². The lowest BCUT2D eigenvalue weighted by atomic mass is 10.2. The Kier molecular flexibility index (Phi) is 7.23. The molecule has 0 radical (unpaired) electrons. The highest BCUT2D eigenvalue weighted by molar-refractivity contribution is 7.89. The van der Waals surface area contributed by atoms with Gasteiger partial charge in [-0.15, -0.1) is 0 Å². The number of halogens is 1. The average Bonchev–Trinajstić information content (AvgIpc) is 3.53. The van der Waals surface area contributed by atoms with Gasteiger partial charge >= 0.3 is 0 Å². The molecule has 2 aromatic carbocycles. The molecule has 1 aliphatic carbocycles. The highest BCUT2D eigenvalue weighted by Gasteiger charge is 2.30. The molecule has 0 saturated heterocycles. The van der Waals surface area contributed by atoms with Crippen LogP contribution in [-0.4, -0.2) is 52.6 Å². The standard InChI is InChI=1S/C21H25ClN2O5S/c1-24(11-4-12-29-18-6-3-5-16(22)14-18)21(25)15-7-10-19(28-2)20(13-15)30(26,27)23-17-8-9-17/h3,5-7,10,13-14,17,23H,4,8-9,11-12H2,1-2H3. The van der Waals surface area contributed by atoms with Gasteiger partial charge in [-0.3, -0.25) is 4.79 Å². The van der Waals surface area contributed by atoms with Crippen molar-refractivity contribution >= 4 is 27.5 Å². The summed E-state index contributed by atoms with van der Waals surface area (Å²) in [4.78, 5) is 14.3. The van der Waals surface area contributed by atoms with Crippen molar-refractivity contribution in [3.05, 3.63) is 53.1 Å². The first-order valence-corrected chi connectivity index (χ1v) is 11.5. The summed E-state index contributed by atoms with van der Waals surface area (Å²) in [5, 5.41) is 0.598. The first-order valence-electron chi connectivity index (χ1n) is 9.64. The minimum absolute atomic E-state index is 0.0274. The number of methoxy groups -OCH3 is 1. The van der Waals surface area contributed by atoms with E-state index in [2.05, 4.69) is 4.72 Å². The van der Waals surface area contributed by atoms with Crippen LogP contribution in [0.2, 0.25) is 5.02 Å². The SMILES string of the molecule is COc1ccc(C(=O)N(C)CCCOc2cccc(Cl)c2)cc1S(=O)(=O)NC1CC1. The Hall–Kier alpha value is -2.29. The molecule has 2 aromatic rings. The maximum absolute atomic E-state index is 12.8. The van der Waals surface area contributed by atoms with Crippen LogP contribution in [-0.2, 0) is 10.0 Å². The van der Waals surface area contributed by atoms with Crippen LogP contribution in [0.3, 0.4) is 0 Å². The fraction of sp³-hybridized carbons (Fsp3) is 0.381. The number of carbonyl (C=O) groups excluding carboxylic acids is 1. The van der Waals surface area contributed by atoms with Crippen molar-refractivity contribution < 1.29 is 22.7 Å². The number of rotatable bonds is 10. The van der Waals surface area contributed by atoms with E-state index in [-0.39, 0.29) is 28.2 Å². The summed E-state index contributed by atoms with van der Waals surface area (Å²) in [6, 6.07) is 11.5. The average molecular weight is 453 g/mol. The molecule has 0 aliphatic heterocycles. The van der Waals surface area contributed by atoms with Crippen LogP contribution in [0, 0.1) is 0 Å². The molecule has 1 N–H and O–H groups in total. The number of benzene rings is 2. The quantitative estimate of drug-likeness (QED) is 0.559. The Labute approximate surface area is 182 Å². The third-order valence-corrected chi connectivity index (χ3v) is 6.43. The summed E-state index contributed by atoms with van der Waals surface area (Å²) in [6.07, 6.45) is 2.25. The molecule has 0 unspecified atom stereocenters. The predicted octanol–water partition coefficient (Wildman–Crippen LogP) is 3.33. The molecule has 162 valence electrons. The third kappa shape index (κ3) is 5.87. The Bertz CT molecular complexity index is 1010. The van der Waals surface area contributed by atoms with E-state index in [1.807, 2.05) is 6.07 Å². The van der Waals surface area contributed by atoms with Crippen molar-refractivity contribution in [2.75, 3.05) is 27.3 Å². The van der Waals surface area contributed by atoms with Crippen LogP contribution in [0.15, 0.2) is 47.4 Å². The Morgan fingerprint density at radius 2 is 2.00 bits per heavy atom. The van der Waals surface area contributed by atoms with E-state index in [1.54, 1.807) is 31.3 Å². The number of sulfonamides is 1. The Morgan fingerprint density at radius 1 is 1.23 bits per heavy atom. The molecule has 0 atom stereocenters. The number of nitrogens with one attached hydrogen (secondary N) is 1. The van der Waals surface area contributed by atoms with Crippen LogP contribution >= 0.6 is 11.6 Å². The zero-order valence-corrected chi connectivity index (χ0v) is 18.5. The second-order valence-electron chi connectivity index (χ2n) is 7.15. The highest BCUT2D eigenvalue weighted by atomic mass is 35.5. The largest absolute Gasteiger partial charge is 0.495 e. The van der Waals surface area contributed by atoms with Gasteiger partial charge < -0.3 is 14.4 Å². The number of hydrogen-bond donors (Lipinski definition) is 1. The van der Waals surface area contributed by atoms with Gasteiger partial charge in [0, 0.05) is 30.2 Å². The zero-order valence-electron chi connectivity index (χ0n) is 16.9. The normalized spacial score (nSPS) is 13.7. The van der Waals surface area contributed by atoms with Gasteiger partial charge in [0.25, 0.3) is 5.91 Å². The number of ether oxygens (including phenoxy) is 2. The molecule has 1 saturated carbocycles. The summed E-state index contributed by atoms with van der Waals surface area (Å²) in [7, 11) is -0.682. The number of nitrogens with zero attached hydrogens (tertiary/aromatic N) is 1. The van der Waals surface area contributed by atoms with Gasteiger partial charge in [0.15, 0.2) is 0 Å². The van der Waals surface area contributed by atoms with Crippen molar-refractivity contribution in [3.8, 4) is 11.5 Å². The Balaban J connectivity index is 1.61. The zero-order chi connectivity index (χ0) is 21.7. The van der Waals surface area contributed by atoms with Gasteiger partial charge in [-0.25, -0.2) is 13.1 Å². The maximum atomic E-state index is 12.8. The summed E-state index contributed by atoms with van der Waals surface area (Å²) in [5.74, 6) is 0.602. The van der Waals surface area contributed by atoms with Crippen molar-refractivity contribution in [1.29, 1.82) is 0 Å². The molecule has 7 nitrogen and oxygen atoms in total. The molecule has 0 spiro atoms. The smallest absolute Gasteiger partial charge is 0.253 e. The fourth-order valence-corrected chi connectivity index (χ4v) is 4.55. The van der Waals surface area contributed by atoms with E-state index in [9.17, 15) is 13.2 Å². The topological polar surface area (TPSA) is 84.9 Å². The monoisotopic (exact) mass is 452 g/mol. The predicted molar refractivity (Wildman–Crippen MR) is 115 cm³/mol. The molecule has 3 rings (SSSR count). The van der Waals surface area contributed by atoms with Crippen molar-refractivity contribution in [1.82, 2.24) is 9.62 Å². The molecule has 30 heavy (non-hydrogen) atoms. The molecular weight excluding hydrogens is 428 g/mol. The van der Waals surface area contributed by atoms with Gasteiger partial charge in [-0.05, 0) is 55.7 Å². The molecule has 0 heterocycles. The minimum atomic E-state index is -3.75. The van der Waals surface area contributed by atoms with Gasteiger partial charge in [-0.1, -0.05) is 17.7 Å². The van der Waals surface area contributed by atoms with Gasteiger partial charge in [0.1, 0.15) is 16.4 Å². The summed E-state index contributed by atoms with van der Waals surface area (Å²) in [5.41, 5.74) is 0.283. The molecule has 0 bridgehead atoms. The summed E-state index contributed by atoms with van der Waals surface area (Å²) >= 11 is 5.93. The highest BCUT2D eigenvalue weighted by Crippen LogP contribution is 2.28. The van der Waals surface area contributed by atoms with Crippen molar-refractivity contribution in [2.24, 2.45) is 0 Å². The maximum Gasteiger partial charge on any atom is 0.253 e. The Morgan fingerprint density at radius 3 is 2.67 bits per heavy atom. The van der Waals surface area contributed by atoms with E-state index >= 15 is 0 Å². The number of carbonyl (C=O) groups is 1. The van der Waals surface area contributed by atoms with Gasteiger partial charge in [-0.2, -0.15) is 0 Å². The molecule has 1 aliphatic rings. The van der Waals surface area contributed by atoms with Crippen molar-refractivity contribution in [3.63, 3.8) is 0 Å². The molecule has 1 amide bonds. The van der Waals surface area contributed by atoms with E-state index in [0.29, 0.717) is 30.3 Å². The van der Waals surface area contributed by atoms with Crippen LogP contribution in [0.5, 0.6) is 11.5 Å². The van der Waals surface area contributed by atoms with Crippen LogP contribution in [0.1, 0.15) is 29.6 Å². The second-order valence-corrected chi connectivity index (χ2v) is 9.27. The lowest BCUT2D eigenvalue weighted by Gasteiger charge is -2.18. The second kappa shape index (κ2) is 9.68. The third-order valence-electron chi connectivity index (χ3n) is 4.65. The van der Waals surface area contributed by atoms with E-state index in [0.717, 1.165) is 12.8 Å². The number of hydrogen-bond acceptors (Lipinski definition) is 5. The first-order chi connectivity index (χ1) is 14.3. The lowest BCUT2D eigenvalue weighted by molar-refractivity contribution is 0.0787. The summed E-state index contributed by atoms with van der Waals surface area (Å²) < 4.78 is 38.7.